The molecule has 0 heterocycles. The lowest BCUT2D eigenvalue weighted by Gasteiger charge is -2.25. The van der Waals surface area contributed by atoms with Crippen LogP contribution in [0.25, 0.3) is 10.8 Å². The maximum atomic E-state index is 13.7. The maximum absolute atomic E-state index is 13.7. The van der Waals surface area contributed by atoms with E-state index in [-0.39, 0.29) is 11.7 Å². The van der Waals surface area contributed by atoms with Crippen molar-refractivity contribution in [2.24, 2.45) is 0 Å². The molecule has 0 bridgehead atoms. The van der Waals surface area contributed by atoms with Gasteiger partial charge in [0, 0.05) is 22.4 Å². The van der Waals surface area contributed by atoms with Crippen LogP contribution in [0.15, 0.2) is 36.4 Å². The maximum Gasteiger partial charge on any atom is 0.252 e. The van der Waals surface area contributed by atoms with Crippen molar-refractivity contribution in [3.8, 4) is 0 Å². The standard InChI is InChI=1S/C16H17ClFNO/c1-16(2,9-10-17)19-15(20)13-7-8-14(18)12-6-4-3-5-11(12)13/h3-8H,9-10H2,1-2H3,(H,19,20). The fraction of sp³-hybridized carbons (Fsp3) is 0.312. The van der Waals surface area contributed by atoms with Gasteiger partial charge in [0.15, 0.2) is 0 Å². The van der Waals surface area contributed by atoms with Gasteiger partial charge in [0.2, 0.25) is 0 Å². The lowest BCUT2D eigenvalue weighted by molar-refractivity contribution is 0.0913. The topological polar surface area (TPSA) is 29.1 Å². The van der Waals surface area contributed by atoms with Gasteiger partial charge in [-0.1, -0.05) is 24.3 Å². The van der Waals surface area contributed by atoms with Gasteiger partial charge in [0.25, 0.3) is 5.91 Å². The van der Waals surface area contributed by atoms with Gasteiger partial charge in [0.05, 0.1) is 0 Å². The molecule has 0 aliphatic rings. The number of carbonyl (C=O) groups excluding carboxylic acids is 1. The molecule has 1 amide bonds. The van der Waals surface area contributed by atoms with Crippen molar-refractivity contribution in [1.82, 2.24) is 5.32 Å². The van der Waals surface area contributed by atoms with Crippen LogP contribution in [0.3, 0.4) is 0 Å². The molecule has 2 nitrogen and oxygen atoms in total. The van der Waals surface area contributed by atoms with Crippen LogP contribution in [0.1, 0.15) is 30.6 Å². The summed E-state index contributed by atoms with van der Waals surface area (Å²) < 4.78 is 13.7. The summed E-state index contributed by atoms with van der Waals surface area (Å²) >= 11 is 5.73. The van der Waals surface area contributed by atoms with Crippen LogP contribution in [0.2, 0.25) is 0 Å². The van der Waals surface area contributed by atoms with E-state index in [1.807, 2.05) is 13.8 Å². The number of hydrogen-bond donors (Lipinski definition) is 1. The zero-order valence-electron chi connectivity index (χ0n) is 11.5. The van der Waals surface area contributed by atoms with E-state index in [1.165, 1.54) is 12.1 Å². The summed E-state index contributed by atoms with van der Waals surface area (Å²) in [4.78, 5) is 12.4. The van der Waals surface area contributed by atoms with Crippen molar-refractivity contribution in [1.29, 1.82) is 0 Å². The zero-order valence-corrected chi connectivity index (χ0v) is 12.3. The first-order chi connectivity index (χ1) is 9.44. The van der Waals surface area contributed by atoms with E-state index in [1.54, 1.807) is 24.3 Å². The molecular formula is C16H17ClFNO. The molecule has 4 heteroatoms. The van der Waals surface area contributed by atoms with Gasteiger partial charge in [-0.05, 0) is 37.8 Å². The average molecular weight is 294 g/mol. The highest BCUT2D eigenvalue weighted by molar-refractivity contribution is 6.18. The Labute approximate surface area is 122 Å². The van der Waals surface area contributed by atoms with Gasteiger partial charge in [0.1, 0.15) is 5.82 Å². The quantitative estimate of drug-likeness (QED) is 0.844. The molecule has 0 saturated heterocycles. The minimum Gasteiger partial charge on any atom is -0.347 e. The smallest absolute Gasteiger partial charge is 0.252 e. The summed E-state index contributed by atoms with van der Waals surface area (Å²) in [5.74, 6) is -0.0641. The Morgan fingerprint density at radius 3 is 2.50 bits per heavy atom. The highest BCUT2D eigenvalue weighted by Crippen LogP contribution is 2.22. The average Bonchev–Trinajstić information content (AvgIpc) is 2.38. The number of fused-ring (bicyclic) bond motifs is 1. The highest BCUT2D eigenvalue weighted by Gasteiger charge is 2.21. The second-order valence-electron chi connectivity index (χ2n) is 5.42. The minimum absolute atomic E-state index is 0.212. The fourth-order valence-corrected chi connectivity index (χ4v) is 2.61. The Morgan fingerprint density at radius 2 is 1.85 bits per heavy atom. The molecule has 0 spiro atoms. The van der Waals surface area contributed by atoms with Crippen molar-refractivity contribution in [3.63, 3.8) is 0 Å². The molecule has 20 heavy (non-hydrogen) atoms. The minimum atomic E-state index is -0.395. The van der Waals surface area contributed by atoms with Crippen molar-refractivity contribution in [2.45, 2.75) is 25.8 Å². The first-order valence-electron chi connectivity index (χ1n) is 6.50. The molecule has 0 aromatic heterocycles. The van der Waals surface area contributed by atoms with Crippen molar-refractivity contribution < 1.29 is 9.18 Å². The number of amides is 1. The molecule has 0 aliphatic carbocycles. The van der Waals surface area contributed by atoms with Crippen LogP contribution in [0.5, 0.6) is 0 Å². The second kappa shape index (κ2) is 5.80. The number of benzene rings is 2. The summed E-state index contributed by atoms with van der Waals surface area (Å²) in [6.45, 7) is 3.83. The van der Waals surface area contributed by atoms with E-state index in [0.717, 1.165) is 0 Å². The number of alkyl halides is 1. The van der Waals surface area contributed by atoms with E-state index in [4.69, 9.17) is 11.6 Å². The van der Waals surface area contributed by atoms with Crippen LogP contribution >= 0.6 is 11.6 Å². The summed E-state index contributed by atoms with van der Waals surface area (Å²) in [6, 6.07) is 9.82. The molecule has 0 atom stereocenters. The number of rotatable bonds is 4. The first kappa shape index (κ1) is 14.8. The van der Waals surface area contributed by atoms with Gasteiger partial charge < -0.3 is 5.32 Å². The third-order valence-electron chi connectivity index (χ3n) is 3.29. The van der Waals surface area contributed by atoms with Gasteiger partial charge >= 0.3 is 0 Å². The summed E-state index contributed by atoms with van der Waals surface area (Å²) in [5.41, 5.74) is 0.0820. The van der Waals surface area contributed by atoms with Crippen LogP contribution in [0, 0.1) is 5.82 Å². The third kappa shape index (κ3) is 3.10. The number of carbonyl (C=O) groups is 1. The van der Waals surface area contributed by atoms with E-state index in [0.29, 0.717) is 28.6 Å². The van der Waals surface area contributed by atoms with Gasteiger partial charge in [-0.25, -0.2) is 4.39 Å². The second-order valence-corrected chi connectivity index (χ2v) is 5.80. The lowest BCUT2D eigenvalue weighted by Crippen LogP contribution is -2.43. The molecule has 106 valence electrons. The molecule has 0 unspecified atom stereocenters. The van der Waals surface area contributed by atoms with Gasteiger partial charge in [-0.3, -0.25) is 4.79 Å². The predicted octanol–water partition coefficient (Wildman–Crippen LogP) is 4.12. The lowest BCUT2D eigenvalue weighted by atomic mass is 9.99. The van der Waals surface area contributed by atoms with E-state index in [2.05, 4.69) is 5.32 Å². The first-order valence-corrected chi connectivity index (χ1v) is 7.04. The van der Waals surface area contributed by atoms with E-state index in [9.17, 15) is 9.18 Å². The van der Waals surface area contributed by atoms with Gasteiger partial charge in [-0.15, -0.1) is 11.6 Å². The molecule has 0 fully saturated rings. The Kier molecular flexibility index (Phi) is 4.29. The predicted molar refractivity (Wildman–Crippen MR) is 80.8 cm³/mol. The molecule has 2 aromatic rings. The van der Waals surface area contributed by atoms with Crippen LogP contribution < -0.4 is 5.32 Å². The molecule has 0 aliphatic heterocycles. The Bertz CT molecular complexity index is 639. The number of hydrogen-bond acceptors (Lipinski definition) is 1. The van der Waals surface area contributed by atoms with Crippen LogP contribution in [0.4, 0.5) is 4.39 Å². The monoisotopic (exact) mass is 293 g/mol. The third-order valence-corrected chi connectivity index (χ3v) is 3.48. The highest BCUT2D eigenvalue weighted by atomic mass is 35.5. The fourth-order valence-electron chi connectivity index (χ4n) is 2.13. The molecule has 2 aromatic carbocycles. The SMILES string of the molecule is CC(C)(CCCl)NC(=O)c1ccc(F)c2ccccc12. The molecule has 1 N–H and O–H groups in total. The normalized spacial score (nSPS) is 11.6. The van der Waals surface area contributed by atoms with E-state index >= 15 is 0 Å². The summed E-state index contributed by atoms with van der Waals surface area (Å²) in [5, 5.41) is 4.01. The number of nitrogens with one attached hydrogen (secondary N) is 1. The molecular weight excluding hydrogens is 277 g/mol. The van der Waals surface area contributed by atoms with Crippen LogP contribution in [-0.4, -0.2) is 17.3 Å². The Balaban J connectivity index is 2.38. The molecule has 0 saturated carbocycles. The molecule has 0 radical (unpaired) electrons. The largest absolute Gasteiger partial charge is 0.347 e. The van der Waals surface area contributed by atoms with Crippen molar-refractivity contribution in [3.05, 3.63) is 47.8 Å². The Hall–Kier alpha value is -1.61. The Morgan fingerprint density at radius 1 is 1.20 bits per heavy atom. The summed E-state index contributed by atoms with van der Waals surface area (Å²) in [6.07, 6.45) is 0.666. The van der Waals surface area contributed by atoms with E-state index < -0.39 is 5.54 Å². The number of halogens is 2. The summed E-state index contributed by atoms with van der Waals surface area (Å²) in [7, 11) is 0. The zero-order chi connectivity index (χ0) is 14.8. The van der Waals surface area contributed by atoms with Crippen molar-refractivity contribution >= 4 is 28.3 Å². The molecule has 2 rings (SSSR count). The van der Waals surface area contributed by atoms with Crippen LogP contribution in [-0.2, 0) is 0 Å². The van der Waals surface area contributed by atoms with Gasteiger partial charge in [-0.2, -0.15) is 0 Å². The van der Waals surface area contributed by atoms with Crippen molar-refractivity contribution in [2.75, 3.05) is 5.88 Å².